The quantitative estimate of drug-likeness (QED) is 0.188. The highest BCUT2D eigenvalue weighted by Gasteiger charge is 2.23. The molecule has 0 saturated heterocycles. The molecular formula is C34H29FN2O5. The van der Waals surface area contributed by atoms with Crippen LogP contribution in [0, 0.1) is 11.7 Å². The minimum absolute atomic E-state index is 0.120. The summed E-state index contributed by atoms with van der Waals surface area (Å²) < 4.78 is 19.6. The Bertz CT molecular complexity index is 1820. The number of aromatic carboxylic acids is 1. The molecule has 1 heterocycles. The van der Waals surface area contributed by atoms with Gasteiger partial charge in [0.2, 0.25) is 0 Å². The molecule has 0 radical (unpaired) electrons. The second kappa shape index (κ2) is 11.7. The topological polar surface area (TPSA) is 109 Å². The van der Waals surface area contributed by atoms with Crippen molar-refractivity contribution in [2.24, 2.45) is 5.92 Å². The highest BCUT2D eigenvalue weighted by molar-refractivity contribution is 6.12. The van der Waals surface area contributed by atoms with E-state index in [0.717, 1.165) is 11.1 Å². The average Bonchev–Trinajstić information content (AvgIpc) is 3.38. The van der Waals surface area contributed by atoms with Gasteiger partial charge in [0.15, 0.2) is 0 Å². The van der Waals surface area contributed by atoms with Crippen LogP contribution in [0.25, 0.3) is 44.5 Å². The molecule has 0 saturated carbocycles. The normalized spacial score (nSPS) is 11.1. The second-order valence-electron chi connectivity index (χ2n) is 10.4. The van der Waals surface area contributed by atoms with Crippen molar-refractivity contribution in [3.8, 4) is 33.6 Å². The van der Waals surface area contributed by atoms with Crippen LogP contribution in [-0.2, 0) is 0 Å². The summed E-state index contributed by atoms with van der Waals surface area (Å²) >= 11 is 0. The number of benzene rings is 4. The summed E-state index contributed by atoms with van der Waals surface area (Å²) in [5.41, 5.74) is 4.52. The van der Waals surface area contributed by atoms with E-state index in [2.05, 4.69) is 10.6 Å². The second-order valence-corrected chi connectivity index (χ2v) is 10.4. The van der Waals surface area contributed by atoms with Crippen LogP contribution >= 0.6 is 0 Å². The number of hydrogen-bond acceptors (Lipinski definition) is 4. The number of nitrogens with one attached hydrogen (secondary N) is 2. The number of halogens is 1. The van der Waals surface area contributed by atoms with Gasteiger partial charge in [-0.1, -0.05) is 44.2 Å². The molecule has 8 heteroatoms. The maximum atomic E-state index is 13.6. The van der Waals surface area contributed by atoms with E-state index < -0.39 is 11.8 Å². The van der Waals surface area contributed by atoms with Gasteiger partial charge in [0.25, 0.3) is 11.8 Å². The lowest BCUT2D eigenvalue weighted by atomic mass is 9.93. The van der Waals surface area contributed by atoms with Gasteiger partial charge < -0.3 is 20.2 Å². The maximum absolute atomic E-state index is 13.6. The maximum Gasteiger partial charge on any atom is 0.335 e. The van der Waals surface area contributed by atoms with Gasteiger partial charge in [-0.05, 0) is 82.8 Å². The van der Waals surface area contributed by atoms with Crippen molar-refractivity contribution in [3.63, 3.8) is 0 Å². The zero-order valence-electron chi connectivity index (χ0n) is 23.3. The summed E-state index contributed by atoms with van der Waals surface area (Å²) in [6, 6.07) is 23.0. The molecule has 5 rings (SSSR count). The number of carbonyl (C=O) groups excluding carboxylic acids is 2. The van der Waals surface area contributed by atoms with Crippen molar-refractivity contribution < 1.29 is 28.3 Å². The van der Waals surface area contributed by atoms with Crippen molar-refractivity contribution in [1.82, 2.24) is 10.6 Å². The zero-order valence-corrected chi connectivity index (χ0v) is 23.3. The molecule has 2 amide bonds. The molecule has 42 heavy (non-hydrogen) atoms. The van der Waals surface area contributed by atoms with Crippen molar-refractivity contribution >= 4 is 28.8 Å². The Labute approximate surface area is 242 Å². The number of furan rings is 1. The molecule has 3 N–H and O–H groups in total. The first kappa shape index (κ1) is 28.3. The lowest BCUT2D eigenvalue weighted by Gasteiger charge is -2.14. The van der Waals surface area contributed by atoms with Crippen LogP contribution in [0.1, 0.15) is 44.9 Å². The van der Waals surface area contributed by atoms with Crippen molar-refractivity contribution in [1.29, 1.82) is 0 Å². The smallest absolute Gasteiger partial charge is 0.335 e. The Morgan fingerprint density at radius 2 is 1.52 bits per heavy atom. The lowest BCUT2D eigenvalue weighted by molar-refractivity contribution is 0.0696. The Balaban J connectivity index is 1.65. The SMILES string of the molecule is CNC(=O)c1c(-c2ccc(F)cc2)oc2ccc(-c3ccc(-c4cccc(C(=O)O)c4)c(C(=O)NCC(C)C)c3)cc12. The van der Waals surface area contributed by atoms with Gasteiger partial charge in [-0.2, -0.15) is 0 Å². The summed E-state index contributed by atoms with van der Waals surface area (Å²) in [5.74, 6) is -1.53. The number of carboxylic acids is 1. The fraction of sp³-hybridized carbons (Fsp3) is 0.147. The van der Waals surface area contributed by atoms with Crippen LogP contribution in [0.15, 0.2) is 89.3 Å². The van der Waals surface area contributed by atoms with Crippen LogP contribution in [-0.4, -0.2) is 36.5 Å². The molecule has 0 spiro atoms. The van der Waals surface area contributed by atoms with Crippen LogP contribution in [0.3, 0.4) is 0 Å². The lowest BCUT2D eigenvalue weighted by Crippen LogP contribution is -2.27. The highest BCUT2D eigenvalue weighted by Crippen LogP contribution is 2.37. The molecule has 212 valence electrons. The third kappa shape index (κ3) is 5.65. The molecule has 4 aromatic carbocycles. The molecule has 0 aliphatic rings. The van der Waals surface area contributed by atoms with E-state index >= 15 is 0 Å². The summed E-state index contributed by atoms with van der Waals surface area (Å²) in [7, 11) is 1.53. The number of carbonyl (C=O) groups is 3. The fourth-order valence-corrected chi connectivity index (χ4v) is 4.81. The predicted molar refractivity (Wildman–Crippen MR) is 160 cm³/mol. The predicted octanol–water partition coefficient (Wildman–Crippen LogP) is 7.02. The summed E-state index contributed by atoms with van der Waals surface area (Å²) in [6.07, 6.45) is 0. The molecule has 0 aliphatic carbocycles. The van der Waals surface area contributed by atoms with E-state index in [1.54, 1.807) is 48.5 Å². The summed E-state index contributed by atoms with van der Waals surface area (Å²) in [4.78, 5) is 38.0. The van der Waals surface area contributed by atoms with Gasteiger partial charge >= 0.3 is 5.97 Å². The molecule has 5 aromatic rings. The van der Waals surface area contributed by atoms with Gasteiger partial charge in [0, 0.05) is 30.1 Å². The number of amides is 2. The first-order valence-electron chi connectivity index (χ1n) is 13.5. The Morgan fingerprint density at radius 1 is 0.833 bits per heavy atom. The van der Waals surface area contributed by atoms with Gasteiger partial charge in [-0.25, -0.2) is 9.18 Å². The first-order chi connectivity index (χ1) is 20.2. The van der Waals surface area contributed by atoms with Crippen LogP contribution in [0.2, 0.25) is 0 Å². The van der Waals surface area contributed by atoms with Gasteiger partial charge in [0.05, 0.1) is 11.1 Å². The van der Waals surface area contributed by atoms with E-state index in [9.17, 15) is 23.9 Å². The molecule has 7 nitrogen and oxygen atoms in total. The van der Waals surface area contributed by atoms with Crippen molar-refractivity contribution in [2.75, 3.05) is 13.6 Å². The number of fused-ring (bicyclic) bond motifs is 1. The van der Waals surface area contributed by atoms with Gasteiger partial charge in [-0.3, -0.25) is 9.59 Å². The third-order valence-electron chi connectivity index (χ3n) is 6.94. The Kier molecular flexibility index (Phi) is 7.88. The van der Waals surface area contributed by atoms with E-state index in [4.69, 9.17) is 4.42 Å². The third-order valence-corrected chi connectivity index (χ3v) is 6.94. The fourth-order valence-electron chi connectivity index (χ4n) is 4.81. The number of hydrogen-bond donors (Lipinski definition) is 3. The first-order valence-corrected chi connectivity index (χ1v) is 13.5. The molecule has 0 fully saturated rings. The minimum Gasteiger partial charge on any atom is -0.478 e. The molecule has 0 bridgehead atoms. The highest BCUT2D eigenvalue weighted by atomic mass is 19.1. The van der Waals surface area contributed by atoms with Crippen molar-refractivity contribution in [3.05, 3.63) is 107 Å². The van der Waals surface area contributed by atoms with Crippen LogP contribution in [0.4, 0.5) is 4.39 Å². The van der Waals surface area contributed by atoms with E-state index in [1.807, 2.05) is 32.0 Å². The zero-order chi connectivity index (χ0) is 30.0. The van der Waals surface area contributed by atoms with E-state index in [-0.39, 0.29) is 23.3 Å². The Morgan fingerprint density at radius 3 is 2.21 bits per heavy atom. The summed E-state index contributed by atoms with van der Waals surface area (Å²) in [5, 5.41) is 15.7. The minimum atomic E-state index is -1.06. The van der Waals surface area contributed by atoms with E-state index in [0.29, 0.717) is 51.1 Å². The van der Waals surface area contributed by atoms with Crippen molar-refractivity contribution in [2.45, 2.75) is 13.8 Å². The molecule has 0 unspecified atom stereocenters. The van der Waals surface area contributed by atoms with Crippen LogP contribution in [0.5, 0.6) is 0 Å². The largest absolute Gasteiger partial charge is 0.478 e. The van der Waals surface area contributed by atoms with Gasteiger partial charge in [-0.15, -0.1) is 0 Å². The molecule has 1 aromatic heterocycles. The molecule has 0 aliphatic heterocycles. The number of carboxylic acid groups (broad SMARTS) is 1. The molecule has 0 atom stereocenters. The van der Waals surface area contributed by atoms with E-state index in [1.165, 1.54) is 25.2 Å². The van der Waals surface area contributed by atoms with Gasteiger partial charge in [0.1, 0.15) is 17.2 Å². The monoisotopic (exact) mass is 564 g/mol. The standard InChI is InChI=1S/C34H29FN2O5/c1-19(2)18-37-32(38)27-16-21(9-13-26(27)23-5-4-6-24(15-23)34(40)41)22-10-14-29-28(17-22)30(33(39)36-3)31(42-29)20-7-11-25(35)12-8-20/h4-17,19H,18H2,1-3H3,(H,36,39)(H,37,38)(H,40,41). The average molecular weight is 565 g/mol. The molecular weight excluding hydrogens is 535 g/mol. The number of rotatable bonds is 8. The Hall–Kier alpha value is -5.24. The van der Waals surface area contributed by atoms with Crippen LogP contribution < -0.4 is 10.6 Å². The summed E-state index contributed by atoms with van der Waals surface area (Å²) in [6.45, 7) is 4.47.